The Kier molecular flexibility index (Phi) is 33.7. The number of carboxylic acids is 1. The molecular weight excluding hydrogens is 1590 g/mol. The van der Waals surface area contributed by atoms with Gasteiger partial charge in [-0.2, -0.15) is 0 Å². The predicted octanol–water partition coefficient (Wildman–Crippen LogP) is -16.2. The fourth-order valence-electron chi connectivity index (χ4n) is 12.4. The van der Waals surface area contributed by atoms with Crippen LogP contribution in [-0.2, 0) is 112 Å². The highest BCUT2D eigenvalue weighted by atomic mass is 31.2. The van der Waals surface area contributed by atoms with Crippen LogP contribution in [0.4, 0.5) is 0 Å². The molecule has 0 saturated carbocycles. The molecule has 0 aromatic heterocycles. The number of nitrogens with zero attached hydrogens (tertiary/aromatic N) is 4. The lowest BCUT2D eigenvalue weighted by atomic mass is 10.0. The molecule has 2 aromatic carbocycles. The van der Waals surface area contributed by atoms with E-state index in [4.69, 9.17) is 0 Å². The predicted molar refractivity (Wildman–Crippen MR) is 350 cm³/mol. The van der Waals surface area contributed by atoms with Gasteiger partial charge in [0, 0.05) is 39.0 Å². The number of nitrogens with one attached hydrogen (secondary N) is 8. The first-order valence-corrected chi connectivity index (χ1v) is 39.9. The van der Waals surface area contributed by atoms with Crippen molar-refractivity contribution in [3.63, 3.8) is 0 Å². The van der Waals surface area contributed by atoms with Gasteiger partial charge >= 0.3 is 0 Å². The number of quaternary nitrogens is 1. The van der Waals surface area contributed by atoms with Crippen LogP contribution >= 0.6 is 31.3 Å². The van der Waals surface area contributed by atoms with Crippen LogP contribution < -0.4 is 92.5 Å². The second-order valence-electron chi connectivity index (χ2n) is 26.0. The van der Waals surface area contributed by atoms with Crippen molar-refractivity contribution in [1.29, 1.82) is 0 Å². The Labute approximate surface area is 635 Å². The van der Waals surface area contributed by atoms with Crippen LogP contribution in [0.3, 0.4) is 0 Å². The summed E-state index contributed by atoms with van der Waals surface area (Å²) in [5.74, 6) is -18.0. The molecule has 0 aliphatic carbocycles. The van der Waals surface area contributed by atoms with Crippen LogP contribution in [0.15, 0.2) is 48.5 Å². The number of phosphoric ester groups is 4. The van der Waals surface area contributed by atoms with Gasteiger partial charge in [-0.3, -0.25) is 57.5 Å². The van der Waals surface area contributed by atoms with Crippen LogP contribution in [0, 0.1) is 0 Å². The number of phenols is 2. The average molecular weight is 1670 g/mol. The molecule has 0 spiro atoms. The maximum atomic E-state index is 14.6. The van der Waals surface area contributed by atoms with Gasteiger partial charge in [-0.25, -0.2) is 0 Å². The molecule has 4 aliphatic heterocycles. The molecule has 4 aliphatic rings. The van der Waals surface area contributed by atoms with Gasteiger partial charge in [0.05, 0.1) is 82.4 Å². The average Bonchev–Trinajstić information content (AvgIpc) is 1.60. The van der Waals surface area contributed by atoms with Crippen molar-refractivity contribution in [1.82, 2.24) is 62.1 Å². The molecule has 0 unspecified atom stereocenters. The first kappa shape index (κ1) is 92.3. The second-order valence-corrected chi connectivity index (χ2v) is 30.6. The molecule has 48 nitrogen and oxygen atoms in total. The minimum atomic E-state index is -6.09. The topological polar surface area (TPSA) is 773 Å². The number of phenolic OH excluding ortho intramolecular Hbond substituents is 2. The Balaban J connectivity index is 1.17. The third-order valence-electron chi connectivity index (χ3n) is 17.9. The van der Waals surface area contributed by atoms with Crippen LogP contribution in [0.2, 0.25) is 0 Å². The van der Waals surface area contributed by atoms with E-state index in [2.05, 4.69) is 61.0 Å². The van der Waals surface area contributed by atoms with Gasteiger partial charge in [0.25, 0.3) is 5.91 Å². The Bertz CT molecular complexity index is 3940. The van der Waals surface area contributed by atoms with Gasteiger partial charge in [0.1, 0.15) is 84.6 Å². The number of aliphatic hydroxyl groups excluding tert-OH is 3. The minimum Gasteiger partial charge on any atom is -0.790 e. The van der Waals surface area contributed by atoms with E-state index in [0.29, 0.717) is 14.7 Å². The zero-order valence-corrected chi connectivity index (χ0v) is 62.7. The molecule has 112 heavy (non-hydrogen) atoms. The molecule has 6 rings (SSSR count). The third kappa shape index (κ3) is 27.9. The molecule has 4 fully saturated rings. The summed E-state index contributed by atoms with van der Waals surface area (Å²) >= 11 is 0. The Hall–Kier alpha value is -8.57. The number of aliphatic hydroxyl groups is 3. The van der Waals surface area contributed by atoms with Crippen molar-refractivity contribution in [2.24, 2.45) is 0 Å². The summed E-state index contributed by atoms with van der Waals surface area (Å²) in [4.78, 5) is 276. The van der Waals surface area contributed by atoms with Gasteiger partial charge in [0.15, 0.2) is 6.04 Å². The van der Waals surface area contributed by atoms with E-state index in [-0.39, 0.29) is 87.1 Å². The number of amides is 12. The lowest BCUT2D eigenvalue weighted by Crippen LogP contribution is -2.71. The van der Waals surface area contributed by atoms with Crippen LogP contribution in [0.25, 0.3) is 0 Å². The summed E-state index contributed by atoms with van der Waals surface area (Å²) in [6.45, 7) is -8.23. The largest absolute Gasteiger partial charge is 0.790 e. The molecular formula is C60H81N13O35P4-8. The van der Waals surface area contributed by atoms with Crippen LogP contribution in [-0.4, -0.2) is 272 Å². The summed E-state index contributed by atoms with van der Waals surface area (Å²) in [7, 11) is -23.6. The van der Waals surface area contributed by atoms with E-state index in [1.165, 1.54) is 24.3 Å². The summed E-state index contributed by atoms with van der Waals surface area (Å²) in [6.07, 6.45) is -3.86. The Morgan fingerprint density at radius 2 is 0.696 bits per heavy atom. The number of rotatable bonds is 40. The monoisotopic (exact) mass is 1670 g/mol. The van der Waals surface area contributed by atoms with Crippen molar-refractivity contribution >= 4 is 108 Å². The van der Waals surface area contributed by atoms with E-state index in [0.717, 1.165) is 36.1 Å². The molecule has 2 aromatic rings. The van der Waals surface area contributed by atoms with Crippen LogP contribution in [0.1, 0.15) is 69.4 Å². The quantitative estimate of drug-likeness (QED) is 0.0276. The number of phosphoric acid groups is 4. The van der Waals surface area contributed by atoms with Gasteiger partial charge in [-0.05, 0) is 93.7 Å². The van der Waals surface area contributed by atoms with Gasteiger partial charge in [-0.15, -0.1) is 0 Å². The van der Waals surface area contributed by atoms with E-state index in [9.17, 15) is 150 Å². The molecule has 16 N–H and O–H groups in total. The molecule has 624 valence electrons. The fraction of sp³-hybridized carbons (Fsp3) is 0.583. The standard InChI is InChI=1S/C60H89N13O35P4/c1-30(76)47(69-54(85)45-8-4-20-72(45)57(88)40(27-106-110(96,97)98)66-48(79)36(22-31-10-14-33(77)15-11-31)62-50(81)38(24-74)64-52(83)43-6-2-18-70(43)56(87)35(61)26-105-109(93,94)95)55(86)68-42(29-108-112(102,103)104)58(89)71-19-3-7-44(71)53(84)65-39(25-75)51(82)63-37(23-32-12-16-34(78)17-13-32)49(80)67-41(28-107-111(99,100)101)59(90)73-21-5-9-46(73)60(91)92/h10-17,30,35-47,74-78H,2-9,18-29,61H2,1H3,(H,62,81)(H,63,82)(H,64,83)(H,65,84)(H,66,79)(H,67,80)(H,68,86)(H,69,85)(H,91,92)(H2,93,94,95)(H2,96,97,98)(H2,99,100,101)(H2,102,103,104)/p-8/t30-,35+,36+,37+,38+,39+,40+,41+,42+,43+,44+,45+,46+,47+/m1/s1. The van der Waals surface area contributed by atoms with Gasteiger partial charge in [0.2, 0.25) is 65.0 Å². The Morgan fingerprint density at radius 1 is 0.420 bits per heavy atom. The van der Waals surface area contributed by atoms with Crippen molar-refractivity contribution in [3.05, 3.63) is 59.7 Å². The minimum absolute atomic E-state index is 0.0469. The fourth-order valence-corrected chi connectivity index (χ4v) is 13.7. The smallest absolute Gasteiger partial charge is 0.283 e. The van der Waals surface area contributed by atoms with Crippen molar-refractivity contribution in [2.75, 3.05) is 65.8 Å². The van der Waals surface area contributed by atoms with E-state index < -0.39 is 258 Å². The van der Waals surface area contributed by atoms with Gasteiger partial charge < -0.3 is 179 Å². The number of carbonyl (C=O) groups excluding carboxylic acids is 13. The number of hydrogen-bond donors (Lipinski definition) is 14. The van der Waals surface area contributed by atoms with E-state index in [1.807, 2.05) is 5.32 Å². The summed E-state index contributed by atoms with van der Waals surface area (Å²) < 4.78 is 63.5. The number of hydrogen-bond acceptors (Lipinski definition) is 35. The Morgan fingerprint density at radius 3 is 1.01 bits per heavy atom. The molecule has 12 amide bonds. The first-order valence-electron chi connectivity index (χ1n) is 34.1. The molecule has 4 saturated heterocycles. The second kappa shape index (κ2) is 40.9. The van der Waals surface area contributed by atoms with Crippen LogP contribution in [0.5, 0.6) is 11.5 Å². The lowest BCUT2D eigenvalue weighted by molar-refractivity contribution is -0.415. The zero-order chi connectivity index (χ0) is 83.5. The van der Waals surface area contributed by atoms with Crippen molar-refractivity contribution < 1.29 is 174 Å². The van der Waals surface area contributed by atoms with Crippen molar-refractivity contribution in [2.45, 2.75) is 156 Å². The molecule has 52 heteroatoms. The summed E-state index contributed by atoms with van der Waals surface area (Å²) in [5.41, 5.74) is 3.77. The molecule has 0 bridgehead atoms. The SMILES string of the molecule is C[C@@H](O)[C@H](NC(=O)[C@@H]1CCCN1C(=O)[C@H](COP(=O)([O-])[O-])NC(=O)[C@H](Cc1ccc(O)cc1)NC(=O)[C@H](CO)NC(=O)[C@@H]1CCCN1C(=O)[C@@H]([NH3+])COP(=O)([O-])[O-])C(=O)N[C@@H](COP(=O)([O-])[O-])C(=O)N1CCC[C@H]1C(=O)N[C@@H](CO)C(=O)N[C@@H](Cc1ccc(O)cc1)C(=O)N[C@@H](COP(=O)([O-])[O-])C(=O)N1CCC[C@H]1C(=O)[O-]. The highest BCUT2D eigenvalue weighted by Gasteiger charge is 2.45. The maximum absolute atomic E-state index is 14.6. The molecule has 14 atom stereocenters. The number of carboxylic acid groups (broad SMARTS) is 1. The zero-order valence-electron chi connectivity index (χ0n) is 59.1. The molecule has 0 radical (unpaired) electrons. The highest BCUT2D eigenvalue weighted by Crippen LogP contribution is 2.31. The van der Waals surface area contributed by atoms with Gasteiger partial charge in [-0.1, -0.05) is 24.3 Å². The summed E-state index contributed by atoms with van der Waals surface area (Å²) in [6, 6.07) is -15.2. The number of aromatic hydroxyl groups is 2. The van der Waals surface area contributed by atoms with Crippen molar-refractivity contribution in [3.8, 4) is 11.5 Å². The lowest BCUT2D eigenvalue weighted by Gasteiger charge is -2.35. The third-order valence-corrected chi connectivity index (χ3v) is 19.7. The summed E-state index contributed by atoms with van der Waals surface area (Å²) in [5, 5.41) is 80.7. The number of likely N-dealkylation sites (tertiary alicyclic amines) is 4. The van der Waals surface area contributed by atoms with E-state index in [1.54, 1.807) is 0 Å². The normalized spacial score (nSPS) is 20.1. The maximum Gasteiger partial charge on any atom is 0.283 e. The number of benzene rings is 2. The van der Waals surface area contributed by atoms with E-state index >= 15 is 0 Å². The highest BCUT2D eigenvalue weighted by molar-refractivity contribution is 7.43. The first-order chi connectivity index (χ1) is 52.3. The number of carbonyl (C=O) groups is 13. The number of aliphatic carboxylic acids is 1. The molecule has 4 heterocycles.